The number of rotatable bonds is 3. The summed E-state index contributed by atoms with van der Waals surface area (Å²) in [4.78, 5) is 32.1. The molecule has 2 aliphatic rings. The van der Waals surface area contributed by atoms with Crippen molar-refractivity contribution in [1.29, 1.82) is 0 Å². The van der Waals surface area contributed by atoms with E-state index in [1.807, 2.05) is 6.07 Å². The maximum atomic E-state index is 12.2. The van der Waals surface area contributed by atoms with Crippen molar-refractivity contribution in [2.75, 3.05) is 50.9 Å². The lowest BCUT2D eigenvalue weighted by molar-refractivity contribution is -0.125. The molecule has 3 heterocycles. The van der Waals surface area contributed by atoms with Gasteiger partial charge in [0.15, 0.2) is 0 Å². The minimum atomic E-state index is -0.367. The molecule has 7 nitrogen and oxygen atoms in total. The predicted octanol–water partition coefficient (Wildman–Crippen LogP) is 0.947. The van der Waals surface area contributed by atoms with Gasteiger partial charge in [-0.2, -0.15) is 0 Å². The quantitative estimate of drug-likeness (QED) is 0.592. The van der Waals surface area contributed by atoms with Crippen molar-refractivity contribution in [2.24, 2.45) is 5.92 Å². The van der Waals surface area contributed by atoms with Gasteiger partial charge in [-0.15, -0.1) is 0 Å². The molecule has 0 radical (unpaired) electrons. The Balaban J connectivity index is 1.51. The first kappa shape index (κ1) is 18.2. The average Bonchev–Trinajstić information content (AvgIpc) is 3.20. The van der Waals surface area contributed by atoms with Crippen LogP contribution in [-0.2, 0) is 14.3 Å². The van der Waals surface area contributed by atoms with Crippen LogP contribution in [0.15, 0.2) is 18.3 Å². The topological polar surface area (TPSA) is 72.0 Å². The fourth-order valence-corrected chi connectivity index (χ4v) is 2.94. The number of pyridine rings is 1. The first-order valence-electron chi connectivity index (χ1n) is 8.93. The van der Waals surface area contributed by atoms with E-state index in [-0.39, 0.29) is 17.8 Å². The first-order valence-corrected chi connectivity index (χ1v) is 8.93. The van der Waals surface area contributed by atoms with Crippen molar-refractivity contribution in [3.63, 3.8) is 0 Å². The molecule has 0 bridgehead atoms. The smallest absolute Gasteiger partial charge is 0.339 e. The van der Waals surface area contributed by atoms with Gasteiger partial charge in [-0.1, -0.05) is 5.92 Å². The van der Waals surface area contributed by atoms with Crippen molar-refractivity contribution in [3.8, 4) is 11.8 Å². The van der Waals surface area contributed by atoms with Crippen LogP contribution >= 0.6 is 0 Å². The number of esters is 1. The van der Waals surface area contributed by atoms with Crippen LogP contribution in [0, 0.1) is 17.8 Å². The maximum Gasteiger partial charge on any atom is 0.339 e. The van der Waals surface area contributed by atoms with Gasteiger partial charge in [0.25, 0.3) is 5.91 Å². The Hall–Kier alpha value is -2.59. The number of hydrogen-bond donors (Lipinski definition) is 0. The van der Waals surface area contributed by atoms with E-state index in [0.717, 1.165) is 18.8 Å². The van der Waals surface area contributed by atoms with Crippen molar-refractivity contribution >= 4 is 17.7 Å². The van der Waals surface area contributed by atoms with E-state index >= 15 is 0 Å². The highest BCUT2D eigenvalue weighted by Gasteiger charge is 2.21. The van der Waals surface area contributed by atoms with E-state index in [2.05, 4.69) is 21.7 Å². The van der Waals surface area contributed by atoms with Crippen LogP contribution in [-0.4, -0.2) is 67.8 Å². The highest BCUT2D eigenvalue weighted by atomic mass is 16.5. The van der Waals surface area contributed by atoms with Crippen LogP contribution in [0.5, 0.6) is 0 Å². The molecule has 1 amide bonds. The van der Waals surface area contributed by atoms with E-state index in [1.165, 1.54) is 6.20 Å². The molecule has 0 saturated carbocycles. The molecule has 3 rings (SSSR count). The molecule has 2 fully saturated rings. The second kappa shape index (κ2) is 8.68. The minimum Gasteiger partial charge on any atom is -0.462 e. The Morgan fingerprint density at radius 3 is 2.73 bits per heavy atom. The van der Waals surface area contributed by atoms with E-state index < -0.39 is 0 Å². The molecular weight excluding hydrogens is 334 g/mol. The van der Waals surface area contributed by atoms with Crippen molar-refractivity contribution in [2.45, 2.75) is 13.3 Å². The highest BCUT2D eigenvalue weighted by molar-refractivity contribution is 5.93. The number of anilines is 1. The number of aromatic nitrogens is 1. The third-order valence-corrected chi connectivity index (χ3v) is 4.46. The van der Waals surface area contributed by atoms with Crippen LogP contribution < -0.4 is 4.90 Å². The monoisotopic (exact) mass is 357 g/mol. The Morgan fingerprint density at radius 1 is 1.31 bits per heavy atom. The van der Waals surface area contributed by atoms with Crippen molar-refractivity contribution < 1.29 is 19.1 Å². The SMILES string of the molecule is CCOC(=O)c1ccc(N2CCN(C(=O)C#CC3CCOC3)CC2)nc1. The number of ether oxygens (including phenoxy) is 2. The first-order chi connectivity index (χ1) is 12.7. The second-order valence-corrected chi connectivity index (χ2v) is 6.23. The minimum absolute atomic E-state index is 0.123. The molecule has 1 unspecified atom stereocenters. The van der Waals surface area contributed by atoms with Crippen molar-refractivity contribution in [3.05, 3.63) is 23.9 Å². The van der Waals surface area contributed by atoms with Crippen LogP contribution in [0.3, 0.4) is 0 Å². The molecule has 2 aliphatic heterocycles. The van der Waals surface area contributed by atoms with Gasteiger partial charge >= 0.3 is 5.97 Å². The predicted molar refractivity (Wildman–Crippen MR) is 95.7 cm³/mol. The highest BCUT2D eigenvalue weighted by Crippen LogP contribution is 2.15. The third-order valence-electron chi connectivity index (χ3n) is 4.46. The fourth-order valence-electron chi connectivity index (χ4n) is 2.94. The summed E-state index contributed by atoms with van der Waals surface area (Å²) in [5.74, 6) is 6.25. The molecule has 1 aromatic heterocycles. The molecule has 0 aromatic carbocycles. The molecule has 1 aromatic rings. The number of amides is 1. The molecule has 0 N–H and O–H groups in total. The fraction of sp³-hybridized carbons (Fsp3) is 0.526. The zero-order valence-corrected chi connectivity index (χ0v) is 14.9. The van der Waals surface area contributed by atoms with E-state index in [4.69, 9.17) is 9.47 Å². The lowest BCUT2D eigenvalue weighted by Gasteiger charge is -2.34. The standard InChI is InChI=1S/C19H23N3O4/c1-2-26-19(24)16-4-5-17(20-13-16)21-8-10-22(11-9-21)18(23)6-3-15-7-12-25-14-15/h4-5,13,15H,2,7-12,14H2,1H3. The molecule has 26 heavy (non-hydrogen) atoms. The normalized spacial score (nSPS) is 19.7. The Bertz CT molecular complexity index is 694. The van der Waals surface area contributed by atoms with Gasteiger partial charge in [-0.3, -0.25) is 4.79 Å². The zero-order valence-electron chi connectivity index (χ0n) is 14.9. The lowest BCUT2D eigenvalue weighted by atomic mass is 10.1. The lowest BCUT2D eigenvalue weighted by Crippen LogP contribution is -2.48. The summed E-state index contributed by atoms with van der Waals surface area (Å²) in [7, 11) is 0. The van der Waals surface area contributed by atoms with Crippen LogP contribution in [0.2, 0.25) is 0 Å². The van der Waals surface area contributed by atoms with Gasteiger partial charge in [0, 0.05) is 44.9 Å². The van der Waals surface area contributed by atoms with Gasteiger partial charge in [0.1, 0.15) is 5.82 Å². The average molecular weight is 357 g/mol. The van der Waals surface area contributed by atoms with Gasteiger partial charge in [-0.25, -0.2) is 9.78 Å². The zero-order chi connectivity index (χ0) is 18.4. The molecule has 0 aliphatic carbocycles. The van der Waals surface area contributed by atoms with Gasteiger partial charge in [0.2, 0.25) is 0 Å². The Labute approximate surface area is 153 Å². The van der Waals surface area contributed by atoms with Gasteiger partial charge in [-0.05, 0) is 31.4 Å². The summed E-state index contributed by atoms with van der Waals surface area (Å²) < 4.78 is 10.2. The Kier molecular flexibility index (Phi) is 6.08. The van der Waals surface area contributed by atoms with Crippen LogP contribution in [0.1, 0.15) is 23.7 Å². The molecule has 1 atom stereocenters. The molecule has 138 valence electrons. The third kappa shape index (κ3) is 4.52. The number of piperazine rings is 1. The van der Waals surface area contributed by atoms with Gasteiger partial charge < -0.3 is 19.3 Å². The summed E-state index contributed by atoms with van der Waals surface area (Å²) in [5, 5.41) is 0. The largest absolute Gasteiger partial charge is 0.462 e. The number of carbonyl (C=O) groups is 2. The number of hydrogen-bond acceptors (Lipinski definition) is 6. The second-order valence-electron chi connectivity index (χ2n) is 6.23. The van der Waals surface area contributed by atoms with E-state index in [9.17, 15) is 9.59 Å². The maximum absolute atomic E-state index is 12.2. The van der Waals surface area contributed by atoms with Crippen molar-refractivity contribution in [1.82, 2.24) is 9.88 Å². The molecule has 7 heteroatoms. The molecular formula is C19H23N3O4. The summed E-state index contributed by atoms with van der Waals surface area (Å²) in [6, 6.07) is 3.52. The summed E-state index contributed by atoms with van der Waals surface area (Å²) in [6.07, 6.45) is 2.43. The van der Waals surface area contributed by atoms with Crippen LogP contribution in [0.25, 0.3) is 0 Å². The van der Waals surface area contributed by atoms with E-state index in [1.54, 1.807) is 17.9 Å². The molecule has 0 spiro atoms. The summed E-state index contributed by atoms with van der Waals surface area (Å²) in [6.45, 7) is 6.05. The number of carbonyl (C=O) groups excluding carboxylic acids is 2. The van der Waals surface area contributed by atoms with E-state index in [0.29, 0.717) is 45.0 Å². The van der Waals surface area contributed by atoms with Gasteiger partial charge in [0.05, 0.1) is 18.8 Å². The summed E-state index contributed by atoms with van der Waals surface area (Å²) >= 11 is 0. The summed E-state index contributed by atoms with van der Waals surface area (Å²) in [5.41, 5.74) is 0.440. The number of nitrogens with zero attached hydrogens (tertiary/aromatic N) is 3. The Morgan fingerprint density at radius 2 is 2.12 bits per heavy atom. The molecule has 2 saturated heterocycles. The van der Waals surface area contributed by atoms with Crippen LogP contribution in [0.4, 0.5) is 5.82 Å².